The van der Waals surface area contributed by atoms with Gasteiger partial charge in [-0.05, 0) is 23.3 Å². The highest BCUT2D eigenvalue weighted by molar-refractivity contribution is 7.68. The van der Waals surface area contributed by atoms with E-state index in [1.165, 1.54) is 10.6 Å². The molecule has 2 nitrogen and oxygen atoms in total. The standard InChI is InChI=1S/C25H22NOP/c26-25(20-10-4-1-5-11-20)21-16-18-22(19-17-21)27-28(23-12-6-2-7-13-23)24-14-8-3-9-15-24/h1-19,25H,26H2. The van der Waals surface area contributed by atoms with E-state index < -0.39 is 8.15 Å². The first-order valence-corrected chi connectivity index (χ1v) is 10.6. The SMILES string of the molecule is NC(c1ccccc1)c1ccc(OP(c2ccccc2)c2ccccc2)cc1. The second kappa shape index (κ2) is 8.84. The molecule has 0 aliphatic carbocycles. The molecule has 4 aromatic rings. The topological polar surface area (TPSA) is 35.2 Å². The molecule has 138 valence electrons. The van der Waals surface area contributed by atoms with Crippen molar-refractivity contribution in [3.63, 3.8) is 0 Å². The van der Waals surface area contributed by atoms with E-state index in [0.717, 1.165) is 16.9 Å². The molecule has 2 N–H and O–H groups in total. The molecule has 28 heavy (non-hydrogen) atoms. The van der Waals surface area contributed by atoms with E-state index in [4.69, 9.17) is 10.3 Å². The number of hydrogen-bond donors (Lipinski definition) is 1. The van der Waals surface area contributed by atoms with Crippen LogP contribution >= 0.6 is 8.15 Å². The first-order valence-electron chi connectivity index (χ1n) is 9.30. The van der Waals surface area contributed by atoms with Gasteiger partial charge in [0.1, 0.15) is 5.75 Å². The van der Waals surface area contributed by atoms with Gasteiger partial charge in [-0.15, -0.1) is 0 Å². The second-order valence-electron chi connectivity index (χ2n) is 6.51. The van der Waals surface area contributed by atoms with Crippen molar-refractivity contribution in [2.24, 2.45) is 5.73 Å². The van der Waals surface area contributed by atoms with Crippen LogP contribution in [0.25, 0.3) is 0 Å². The highest BCUT2D eigenvalue weighted by Crippen LogP contribution is 2.37. The Morgan fingerprint density at radius 2 is 0.964 bits per heavy atom. The van der Waals surface area contributed by atoms with Crippen molar-refractivity contribution >= 4 is 18.8 Å². The summed E-state index contributed by atoms with van der Waals surface area (Å²) in [5, 5.41) is 2.38. The zero-order valence-corrected chi connectivity index (χ0v) is 16.4. The van der Waals surface area contributed by atoms with Crippen molar-refractivity contribution in [1.82, 2.24) is 0 Å². The molecule has 0 aromatic heterocycles. The van der Waals surface area contributed by atoms with E-state index in [9.17, 15) is 0 Å². The summed E-state index contributed by atoms with van der Waals surface area (Å²) in [7, 11) is -0.927. The first kappa shape index (κ1) is 18.4. The van der Waals surface area contributed by atoms with Crippen LogP contribution in [0, 0.1) is 0 Å². The molecule has 0 aliphatic rings. The summed E-state index contributed by atoms with van der Waals surface area (Å²) in [4.78, 5) is 0. The largest absolute Gasteiger partial charge is 0.464 e. The van der Waals surface area contributed by atoms with E-state index >= 15 is 0 Å². The zero-order valence-electron chi connectivity index (χ0n) is 15.5. The van der Waals surface area contributed by atoms with Gasteiger partial charge in [0.05, 0.1) is 6.04 Å². The smallest absolute Gasteiger partial charge is 0.150 e. The van der Waals surface area contributed by atoms with Gasteiger partial charge in [0.15, 0.2) is 8.15 Å². The predicted octanol–water partition coefficient (Wildman–Crippen LogP) is 5.16. The molecule has 0 saturated carbocycles. The maximum absolute atomic E-state index is 6.45. The minimum absolute atomic E-state index is 0.139. The van der Waals surface area contributed by atoms with Crippen LogP contribution in [0.5, 0.6) is 5.75 Å². The normalized spacial score (nSPS) is 11.9. The summed E-state index contributed by atoms with van der Waals surface area (Å²) in [5.41, 5.74) is 8.59. The number of nitrogens with two attached hydrogens (primary N) is 1. The van der Waals surface area contributed by atoms with Crippen LogP contribution in [0.1, 0.15) is 17.2 Å². The van der Waals surface area contributed by atoms with Crippen LogP contribution in [-0.4, -0.2) is 0 Å². The lowest BCUT2D eigenvalue weighted by molar-refractivity contribution is 0.629. The van der Waals surface area contributed by atoms with Gasteiger partial charge >= 0.3 is 0 Å². The number of rotatable bonds is 6. The Hall–Kier alpha value is -2.93. The fraction of sp³-hybridized carbons (Fsp3) is 0.0400. The molecule has 0 saturated heterocycles. The maximum atomic E-state index is 6.45. The van der Waals surface area contributed by atoms with Gasteiger partial charge in [-0.2, -0.15) is 0 Å². The van der Waals surface area contributed by atoms with Gasteiger partial charge < -0.3 is 10.3 Å². The minimum Gasteiger partial charge on any atom is -0.464 e. The zero-order chi connectivity index (χ0) is 19.2. The van der Waals surface area contributed by atoms with Gasteiger partial charge in [0.2, 0.25) is 0 Å². The molecular formula is C25H22NOP. The molecule has 0 spiro atoms. The van der Waals surface area contributed by atoms with E-state index in [2.05, 4.69) is 72.8 Å². The Bertz CT molecular complexity index is 949. The molecule has 0 bridgehead atoms. The monoisotopic (exact) mass is 383 g/mol. The van der Waals surface area contributed by atoms with E-state index in [1.54, 1.807) is 0 Å². The summed E-state index contributed by atoms with van der Waals surface area (Å²) >= 11 is 0. The summed E-state index contributed by atoms with van der Waals surface area (Å²) in [6, 6.07) is 38.9. The van der Waals surface area contributed by atoms with E-state index in [-0.39, 0.29) is 6.04 Å². The molecule has 0 aliphatic heterocycles. The Kier molecular flexibility index (Phi) is 5.82. The Labute approximate surface area is 167 Å². The number of benzene rings is 4. The summed E-state index contributed by atoms with van der Waals surface area (Å²) in [5.74, 6) is 0.850. The third-order valence-corrected chi connectivity index (χ3v) is 6.50. The van der Waals surface area contributed by atoms with Crippen molar-refractivity contribution in [3.8, 4) is 5.75 Å². The van der Waals surface area contributed by atoms with Gasteiger partial charge in [-0.1, -0.05) is 103 Å². The van der Waals surface area contributed by atoms with E-state index in [1.807, 2.05) is 42.5 Å². The lowest BCUT2D eigenvalue weighted by Gasteiger charge is -2.20. The highest BCUT2D eigenvalue weighted by Gasteiger charge is 2.17. The lowest BCUT2D eigenvalue weighted by Crippen LogP contribution is -2.15. The van der Waals surface area contributed by atoms with Crippen molar-refractivity contribution in [3.05, 3.63) is 126 Å². The van der Waals surface area contributed by atoms with Crippen LogP contribution in [0.15, 0.2) is 115 Å². The minimum atomic E-state index is -0.927. The quantitative estimate of drug-likeness (QED) is 0.467. The molecule has 0 amide bonds. The molecule has 0 radical (unpaired) electrons. The molecule has 3 heteroatoms. The molecule has 1 unspecified atom stereocenters. The molecule has 4 rings (SSSR count). The van der Waals surface area contributed by atoms with Crippen molar-refractivity contribution < 1.29 is 4.52 Å². The Balaban J connectivity index is 1.58. The highest BCUT2D eigenvalue weighted by atomic mass is 31.1. The third-order valence-electron chi connectivity index (χ3n) is 4.58. The molecule has 0 fully saturated rings. The van der Waals surface area contributed by atoms with Crippen LogP contribution < -0.4 is 20.9 Å². The average Bonchev–Trinajstić information content (AvgIpc) is 2.79. The summed E-state index contributed by atoms with van der Waals surface area (Å²) < 4.78 is 6.45. The fourth-order valence-electron chi connectivity index (χ4n) is 3.08. The van der Waals surface area contributed by atoms with E-state index in [0.29, 0.717) is 0 Å². The number of hydrogen-bond acceptors (Lipinski definition) is 2. The van der Waals surface area contributed by atoms with Gasteiger partial charge in [0.25, 0.3) is 0 Å². The summed E-state index contributed by atoms with van der Waals surface area (Å²) in [6.07, 6.45) is 0. The molecular weight excluding hydrogens is 361 g/mol. The van der Waals surface area contributed by atoms with Gasteiger partial charge in [0, 0.05) is 10.6 Å². The van der Waals surface area contributed by atoms with Gasteiger partial charge in [-0.25, -0.2) is 0 Å². The second-order valence-corrected chi connectivity index (χ2v) is 8.32. The lowest BCUT2D eigenvalue weighted by atomic mass is 10.00. The van der Waals surface area contributed by atoms with Crippen LogP contribution in [0.4, 0.5) is 0 Å². The van der Waals surface area contributed by atoms with Gasteiger partial charge in [-0.3, -0.25) is 0 Å². The third kappa shape index (κ3) is 4.31. The predicted molar refractivity (Wildman–Crippen MR) is 119 cm³/mol. The Morgan fingerprint density at radius 3 is 1.46 bits per heavy atom. The van der Waals surface area contributed by atoms with Crippen LogP contribution in [0.3, 0.4) is 0 Å². The van der Waals surface area contributed by atoms with Crippen molar-refractivity contribution in [2.75, 3.05) is 0 Å². The van der Waals surface area contributed by atoms with Crippen LogP contribution in [-0.2, 0) is 0 Å². The first-order chi connectivity index (χ1) is 13.8. The fourth-order valence-corrected chi connectivity index (χ4v) is 4.80. The maximum Gasteiger partial charge on any atom is 0.150 e. The average molecular weight is 383 g/mol. The molecule has 1 atom stereocenters. The molecule has 4 aromatic carbocycles. The van der Waals surface area contributed by atoms with Crippen molar-refractivity contribution in [2.45, 2.75) is 6.04 Å². The Morgan fingerprint density at radius 1 is 0.536 bits per heavy atom. The summed E-state index contributed by atoms with van der Waals surface area (Å²) in [6.45, 7) is 0. The van der Waals surface area contributed by atoms with Crippen molar-refractivity contribution in [1.29, 1.82) is 0 Å². The van der Waals surface area contributed by atoms with Crippen LogP contribution in [0.2, 0.25) is 0 Å². The molecule has 0 heterocycles.